The van der Waals surface area contributed by atoms with Gasteiger partial charge in [0, 0.05) is 6.54 Å². The Hall–Kier alpha value is -0.620. The van der Waals surface area contributed by atoms with Gasteiger partial charge in [-0.25, -0.2) is 8.42 Å². The molecule has 1 amide bonds. The average Bonchev–Trinajstić information content (AvgIpc) is 1.92. The Morgan fingerprint density at radius 3 is 2.58 bits per heavy atom. The van der Waals surface area contributed by atoms with Crippen LogP contribution in [0.15, 0.2) is 0 Å². The summed E-state index contributed by atoms with van der Waals surface area (Å²) in [7, 11) is -3.19. The first-order valence-electron chi connectivity index (χ1n) is 3.78. The highest BCUT2D eigenvalue weighted by atomic mass is 32.2. The zero-order valence-electron chi connectivity index (χ0n) is 6.69. The van der Waals surface area contributed by atoms with Crippen molar-refractivity contribution in [2.24, 2.45) is 5.73 Å². The van der Waals surface area contributed by atoms with Gasteiger partial charge >= 0.3 is 0 Å². The number of rotatable bonds is 2. The third-order valence-corrected chi connectivity index (χ3v) is 3.69. The van der Waals surface area contributed by atoms with Gasteiger partial charge in [0.1, 0.15) is 0 Å². The fourth-order valence-corrected chi connectivity index (χ4v) is 2.75. The van der Waals surface area contributed by atoms with Crippen molar-refractivity contribution in [1.29, 1.82) is 0 Å². The van der Waals surface area contributed by atoms with Crippen LogP contribution in [0.2, 0.25) is 0 Å². The molecular formula is C6H12N2O3S. The molecule has 1 heterocycles. The Balaban J connectivity index is 2.67. The van der Waals surface area contributed by atoms with Gasteiger partial charge in [-0.2, -0.15) is 4.31 Å². The van der Waals surface area contributed by atoms with Gasteiger partial charge in [0.2, 0.25) is 15.9 Å². The summed E-state index contributed by atoms with van der Waals surface area (Å²) in [5, 5.41) is 0. The predicted octanol–water partition coefficient (Wildman–Crippen LogP) is -1.10. The predicted molar refractivity (Wildman–Crippen MR) is 43.8 cm³/mol. The molecule has 1 aliphatic heterocycles. The van der Waals surface area contributed by atoms with E-state index in [1.165, 1.54) is 0 Å². The smallest absolute Gasteiger partial charge is 0.232 e. The van der Waals surface area contributed by atoms with Crippen molar-refractivity contribution in [3.8, 4) is 0 Å². The summed E-state index contributed by atoms with van der Waals surface area (Å²) in [5.74, 6) is -0.458. The highest BCUT2D eigenvalue weighted by molar-refractivity contribution is 7.89. The van der Waals surface area contributed by atoms with Gasteiger partial charge in [-0.05, 0) is 12.8 Å². The zero-order valence-corrected chi connectivity index (χ0v) is 7.51. The summed E-state index contributed by atoms with van der Waals surface area (Å²) in [6, 6.07) is 0. The van der Waals surface area contributed by atoms with Crippen molar-refractivity contribution in [1.82, 2.24) is 4.31 Å². The number of carbonyl (C=O) groups is 1. The van der Waals surface area contributed by atoms with E-state index in [1.54, 1.807) is 0 Å². The lowest BCUT2D eigenvalue weighted by Gasteiger charge is -2.24. The molecule has 2 N–H and O–H groups in total. The van der Waals surface area contributed by atoms with Gasteiger partial charge in [0.25, 0.3) is 0 Å². The summed E-state index contributed by atoms with van der Waals surface area (Å²) in [6.07, 6.45) is 1.49. The lowest BCUT2D eigenvalue weighted by Crippen LogP contribution is -2.42. The van der Waals surface area contributed by atoms with Crippen LogP contribution < -0.4 is 5.73 Å². The molecule has 6 heteroatoms. The molecule has 1 aliphatic rings. The first-order chi connectivity index (χ1) is 5.52. The van der Waals surface area contributed by atoms with E-state index in [9.17, 15) is 13.2 Å². The van der Waals surface area contributed by atoms with Crippen LogP contribution in [0.4, 0.5) is 0 Å². The number of hydrogen-bond donors (Lipinski definition) is 1. The number of primary amides is 1. The molecule has 0 saturated carbocycles. The summed E-state index contributed by atoms with van der Waals surface area (Å²) >= 11 is 0. The summed E-state index contributed by atoms with van der Waals surface area (Å²) < 4.78 is 23.6. The lowest BCUT2D eigenvalue weighted by molar-refractivity contribution is -0.118. The fraction of sp³-hybridized carbons (Fsp3) is 0.833. The minimum atomic E-state index is -3.19. The number of carbonyl (C=O) groups excluding carboxylic acids is 1. The van der Waals surface area contributed by atoms with Crippen LogP contribution in [-0.4, -0.2) is 37.5 Å². The Morgan fingerprint density at radius 2 is 2.08 bits per heavy atom. The fourth-order valence-electron chi connectivity index (χ4n) is 1.19. The monoisotopic (exact) mass is 192 g/mol. The summed E-state index contributed by atoms with van der Waals surface area (Å²) in [6.45, 7) is 0.244. The molecule has 0 aromatic rings. The number of hydrogen-bond acceptors (Lipinski definition) is 3. The second-order valence-electron chi connectivity index (χ2n) is 2.82. The van der Waals surface area contributed by atoms with Crippen molar-refractivity contribution in [3.05, 3.63) is 0 Å². The molecule has 0 aromatic heterocycles. The van der Waals surface area contributed by atoms with Crippen molar-refractivity contribution in [2.75, 3.05) is 18.8 Å². The Morgan fingerprint density at radius 1 is 1.42 bits per heavy atom. The number of nitrogens with two attached hydrogens (primary N) is 1. The minimum Gasteiger partial charge on any atom is -0.369 e. The second kappa shape index (κ2) is 3.40. The molecular weight excluding hydrogens is 180 g/mol. The number of nitrogens with zero attached hydrogens (tertiary/aromatic N) is 1. The van der Waals surface area contributed by atoms with Crippen molar-refractivity contribution in [2.45, 2.75) is 12.8 Å². The van der Waals surface area contributed by atoms with Crippen molar-refractivity contribution >= 4 is 15.9 Å². The van der Waals surface area contributed by atoms with Crippen molar-refractivity contribution < 1.29 is 13.2 Å². The topological polar surface area (TPSA) is 80.5 Å². The standard InChI is InChI=1S/C6H12N2O3S/c7-6(9)5-8-3-1-2-4-12(8,10)11/h1-5H2,(H2,7,9). The highest BCUT2D eigenvalue weighted by Crippen LogP contribution is 2.12. The lowest BCUT2D eigenvalue weighted by atomic mass is 10.3. The molecule has 0 radical (unpaired) electrons. The SMILES string of the molecule is NC(=O)CN1CCCCS1(=O)=O. The zero-order chi connectivity index (χ0) is 9.19. The molecule has 0 unspecified atom stereocenters. The molecule has 0 aromatic carbocycles. The van der Waals surface area contributed by atoms with Crippen LogP contribution in [0.1, 0.15) is 12.8 Å². The maximum absolute atomic E-state index is 11.2. The summed E-state index contributed by atoms with van der Waals surface area (Å²) in [4.78, 5) is 10.5. The molecule has 12 heavy (non-hydrogen) atoms. The Kier molecular flexibility index (Phi) is 2.69. The quantitative estimate of drug-likeness (QED) is 0.603. The second-order valence-corrected chi connectivity index (χ2v) is 4.91. The van der Waals surface area contributed by atoms with Crippen LogP contribution in [0.25, 0.3) is 0 Å². The van der Waals surface area contributed by atoms with Gasteiger partial charge in [0.05, 0.1) is 12.3 Å². The van der Waals surface area contributed by atoms with Crippen molar-refractivity contribution in [3.63, 3.8) is 0 Å². The molecule has 1 rings (SSSR count). The van der Waals surface area contributed by atoms with Gasteiger partial charge < -0.3 is 5.73 Å². The Bertz CT molecular complexity index is 273. The van der Waals surface area contributed by atoms with E-state index < -0.39 is 15.9 Å². The van der Waals surface area contributed by atoms with E-state index in [4.69, 9.17) is 5.73 Å². The number of sulfonamides is 1. The number of amides is 1. The third kappa shape index (κ3) is 2.18. The summed E-state index contributed by atoms with van der Waals surface area (Å²) in [5.41, 5.74) is 4.90. The van der Waals surface area contributed by atoms with Crippen LogP contribution in [0.5, 0.6) is 0 Å². The van der Waals surface area contributed by atoms with E-state index in [1.807, 2.05) is 0 Å². The van der Waals surface area contributed by atoms with E-state index in [2.05, 4.69) is 0 Å². The van der Waals surface area contributed by atoms with Crippen LogP contribution in [-0.2, 0) is 14.8 Å². The maximum atomic E-state index is 11.2. The molecule has 0 aliphatic carbocycles. The normalized spacial score (nSPS) is 23.7. The van der Waals surface area contributed by atoms with Crippen LogP contribution in [0, 0.1) is 0 Å². The first kappa shape index (κ1) is 9.47. The first-order valence-corrected chi connectivity index (χ1v) is 5.39. The molecule has 0 spiro atoms. The average molecular weight is 192 g/mol. The van der Waals surface area contributed by atoms with Gasteiger partial charge in [0.15, 0.2) is 0 Å². The molecule has 0 bridgehead atoms. The van der Waals surface area contributed by atoms with Gasteiger partial charge in [-0.15, -0.1) is 0 Å². The minimum absolute atomic E-state index is 0.139. The Labute approximate surface area is 71.6 Å². The molecule has 70 valence electrons. The maximum Gasteiger partial charge on any atom is 0.232 e. The molecule has 5 nitrogen and oxygen atoms in total. The van der Waals surface area contributed by atoms with E-state index in [-0.39, 0.29) is 12.3 Å². The van der Waals surface area contributed by atoms with Crippen LogP contribution in [0.3, 0.4) is 0 Å². The van der Waals surface area contributed by atoms with E-state index in [0.29, 0.717) is 13.0 Å². The van der Waals surface area contributed by atoms with Gasteiger partial charge in [-0.3, -0.25) is 4.79 Å². The third-order valence-electron chi connectivity index (χ3n) is 1.79. The molecule has 1 saturated heterocycles. The van der Waals surface area contributed by atoms with E-state index >= 15 is 0 Å². The molecule has 1 fully saturated rings. The van der Waals surface area contributed by atoms with Gasteiger partial charge in [-0.1, -0.05) is 0 Å². The highest BCUT2D eigenvalue weighted by Gasteiger charge is 2.26. The molecule has 0 atom stereocenters. The van der Waals surface area contributed by atoms with Crippen LogP contribution >= 0.6 is 0 Å². The van der Waals surface area contributed by atoms with E-state index in [0.717, 1.165) is 10.7 Å². The largest absolute Gasteiger partial charge is 0.369 e.